The van der Waals surface area contributed by atoms with Crippen molar-refractivity contribution in [3.05, 3.63) is 46.4 Å². The average Bonchev–Trinajstić information content (AvgIpc) is 2.49. The van der Waals surface area contributed by atoms with E-state index in [1.165, 1.54) is 16.3 Å². The van der Waals surface area contributed by atoms with Crippen LogP contribution in [0, 0.1) is 5.92 Å². The van der Waals surface area contributed by atoms with Crippen molar-refractivity contribution in [1.29, 1.82) is 0 Å². The number of benzene rings is 2. The molecule has 3 nitrogen and oxygen atoms in total. The van der Waals surface area contributed by atoms with Gasteiger partial charge in [0.25, 0.3) is 0 Å². The highest BCUT2D eigenvalue weighted by Gasteiger charge is 2.24. The third-order valence-corrected chi connectivity index (χ3v) is 4.53. The van der Waals surface area contributed by atoms with Crippen LogP contribution in [0.5, 0.6) is 0 Å². The van der Waals surface area contributed by atoms with E-state index in [0.29, 0.717) is 5.92 Å². The summed E-state index contributed by atoms with van der Waals surface area (Å²) in [6, 6.07) is 13.0. The summed E-state index contributed by atoms with van der Waals surface area (Å²) >= 11 is 3.51. The molecule has 2 aromatic rings. The Kier molecular flexibility index (Phi) is 4.36. The van der Waals surface area contributed by atoms with Gasteiger partial charge in [0.1, 0.15) is 0 Å². The summed E-state index contributed by atoms with van der Waals surface area (Å²) in [5.74, 6) is 6.24. The molecule has 3 N–H and O–H groups in total. The molecule has 0 aliphatic carbocycles. The lowest BCUT2D eigenvalue weighted by atomic mass is 9.88. The SMILES string of the molecule is NNC(c1ccc2cc(Br)ccc2c1)C1CCCOC1. The Morgan fingerprint density at radius 2 is 2.00 bits per heavy atom. The topological polar surface area (TPSA) is 47.3 Å². The van der Waals surface area contributed by atoms with Gasteiger partial charge in [0, 0.05) is 17.0 Å². The number of halogens is 1. The van der Waals surface area contributed by atoms with Gasteiger partial charge in [0.15, 0.2) is 0 Å². The summed E-state index contributed by atoms with van der Waals surface area (Å²) < 4.78 is 6.69. The maximum atomic E-state index is 5.79. The third kappa shape index (κ3) is 2.88. The molecule has 1 fully saturated rings. The molecule has 0 spiro atoms. The van der Waals surface area contributed by atoms with E-state index in [9.17, 15) is 0 Å². The van der Waals surface area contributed by atoms with Gasteiger partial charge in [0.2, 0.25) is 0 Å². The Labute approximate surface area is 127 Å². The van der Waals surface area contributed by atoms with Crippen molar-refractivity contribution in [1.82, 2.24) is 5.43 Å². The fraction of sp³-hybridized carbons (Fsp3) is 0.375. The molecule has 2 unspecified atom stereocenters. The fourth-order valence-corrected chi connectivity index (χ4v) is 3.34. The van der Waals surface area contributed by atoms with Crippen molar-refractivity contribution in [2.45, 2.75) is 18.9 Å². The number of fused-ring (bicyclic) bond motifs is 1. The number of nitrogens with two attached hydrogens (primary N) is 1. The molecule has 2 atom stereocenters. The molecule has 0 aromatic heterocycles. The van der Waals surface area contributed by atoms with E-state index in [1.807, 2.05) is 0 Å². The number of rotatable bonds is 3. The maximum absolute atomic E-state index is 5.79. The number of hydrazine groups is 1. The van der Waals surface area contributed by atoms with E-state index in [0.717, 1.165) is 30.5 Å². The molecule has 1 heterocycles. The fourth-order valence-electron chi connectivity index (χ4n) is 2.96. The number of ether oxygens (including phenoxy) is 1. The van der Waals surface area contributed by atoms with Gasteiger partial charge in [-0.3, -0.25) is 11.3 Å². The first-order valence-corrected chi connectivity index (χ1v) is 7.80. The van der Waals surface area contributed by atoms with Crippen LogP contribution < -0.4 is 11.3 Å². The monoisotopic (exact) mass is 334 g/mol. The zero-order valence-corrected chi connectivity index (χ0v) is 12.9. The van der Waals surface area contributed by atoms with Gasteiger partial charge in [-0.15, -0.1) is 0 Å². The second kappa shape index (κ2) is 6.22. The van der Waals surface area contributed by atoms with Crippen LogP contribution in [0.3, 0.4) is 0 Å². The largest absolute Gasteiger partial charge is 0.381 e. The first-order valence-electron chi connectivity index (χ1n) is 7.01. The second-order valence-electron chi connectivity index (χ2n) is 5.37. The molecular formula is C16H19BrN2O. The van der Waals surface area contributed by atoms with Gasteiger partial charge in [-0.05, 0) is 47.4 Å². The minimum absolute atomic E-state index is 0.156. The zero-order valence-electron chi connectivity index (χ0n) is 11.3. The normalized spacial score (nSPS) is 21.0. The highest BCUT2D eigenvalue weighted by atomic mass is 79.9. The van der Waals surface area contributed by atoms with Crippen molar-refractivity contribution in [2.24, 2.45) is 11.8 Å². The smallest absolute Gasteiger partial charge is 0.0513 e. The quantitative estimate of drug-likeness (QED) is 0.666. The molecule has 0 bridgehead atoms. The minimum Gasteiger partial charge on any atom is -0.381 e. The molecule has 0 saturated carbocycles. The van der Waals surface area contributed by atoms with E-state index in [1.54, 1.807) is 0 Å². The lowest BCUT2D eigenvalue weighted by Crippen LogP contribution is -2.37. The Morgan fingerprint density at radius 3 is 2.75 bits per heavy atom. The van der Waals surface area contributed by atoms with Crippen LogP contribution in [0.1, 0.15) is 24.4 Å². The molecule has 3 rings (SSSR count). The predicted molar refractivity (Wildman–Crippen MR) is 85.3 cm³/mol. The summed E-state index contributed by atoms with van der Waals surface area (Å²) in [5.41, 5.74) is 4.21. The first kappa shape index (κ1) is 14.0. The van der Waals surface area contributed by atoms with Crippen molar-refractivity contribution in [3.8, 4) is 0 Å². The molecule has 1 saturated heterocycles. The highest BCUT2D eigenvalue weighted by molar-refractivity contribution is 9.10. The molecule has 0 radical (unpaired) electrons. The van der Waals surface area contributed by atoms with Gasteiger partial charge >= 0.3 is 0 Å². The van der Waals surface area contributed by atoms with Gasteiger partial charge in [-0.1, -0.05) is 34.1 Å². The van der Waals surface area contributed by atoms with Gasteiger partial charge < -0.3 is 4.74 Å². The highest BCUT2D eigenvalue weighted by Crippen LogP contribution is 2.30. The Morgan fingerprint density at radius 1 is 1.20 bits per heavy atom. The van der Waals surface area contributed by atoms with Crippen LogP contribution in [0.25, 0.3) is 10.8 Å². The van der Waals surface area contributed by atoms with Crippen LogP contribution in [-0.4, -0.2) is 13.2 Å². The third-order valence-electron chi connectivity index (χ3n) is 4.03. The number of hydrogen-bond donors (Lipinski definition) is 2. The van der Waals surface area contributed by atoms with Crippen LogP contribution >= 0.6 is 15.9 Å². The molecular weight excluding hydrogens is 316 g/mol. The summed E-state index contributed by atoms with van der Waals surface area (Å²) in [4.78, 5) is 0. The van der Waals surface area contributed by atoms with E-state index in [4.69, 9.17) is 10.6 Å². The van der Waals surface area contributed by atoms with Crippen molar-refractivity contribution in [3.63, 3.8) is 0 Å². The summed E-state index contributed by atoms with van der Waals surface area (Å²) in [5, 5.41) is 2.47. The summed E-state index contributed by atoms with van der Waals surface area (Å²) in [6.07, 6.45) is 2.27. The molecule has 20 heavy (non-hydrogen) atoms. The first-order chi connectivity index (χ1) is 9.78. The van der Waals surface area contributed by atoms with Crippen LogP contribution in [-0.2, 0) is 4.74 Å². The number of hydrogen-bond acceptors (Lipinski definition) is 3. The molecule has 0 amide bonds. The van der Waals surface area contributed by atoms with Crippen LogP contribution in [0.2, 0.25) is 0 Å². The van der Waals surface area contributed by atoms with Gasteiger partial charge in [0.05, 0.1) is 12.6 Å². The maximum Gasteiger partial charge on any atom is 0.0513 e. The lowest BCUT2D eigenvalue weighted by Gasteiger charge is -2.30. The standard InChI is InChI=1S/C16H19BrN2O/c17-15-6-5-11-8-13(4-3-12(11)9-15)16(19-18)14-2-1-7-20-10-14/h3-6,8-9,14,16,19H,1-2,7,10,18H2. The van der Waals surface area contributed by atoms with Crippen molar-refractivity contribution < 1.29 is 4.74 Å². The minimum atomic E-state index is 0.156. The Balaban J connectivity index is 1.92. The Hall–Kier alpha value is -0.940. The number of nitrogens with one attached hydrogen (secondary N) is 1. The molecule has 1 aliphatic rings. The van der Waals surface area contributed by atoms with Crippen LogP contribution in [0.4, 0.5) is 0 Å². The summed E-state index contributed by atoms with van der Waals surface area (Å²) in [6.45, 7) is 1.66. The molecule has 106 valence electrons. The molecule has 2 aromatic carbocycles. The molecule has 1 aliphatic heterocycles. The van der Waals surface area contributed by atoms with E-state index in [-0.39, 0.29) is 6.04 Å². The van der Waals surface area contributed by atoms with E-state index in [2.05, 4.69) is 57.8 Å². The lowest BCUT2D eigenvalue weighted by molar-refractivity contribution is 0.0390. The van der Waals surface area contributed by atoms with Gasteiger partial charge in [-0.2, -0.15) is 0 Å². The Bertz CT molecular complexity index is 596. The predicted octanol–water partition coefficient (Wildman–Crippen LogP) is 3.53. The summed E-state index contributed by atoms with van der Waals surface area (Å²) in [7, 11) is 0. The van der Waals surface area contributed by atoms with E-state index < -0.39 is 0 Å². The molecule has 4 heteroatoms. The van der Waals surface area contributed by atoms with Crippen LogP contribution in [0.15, 0.2) is 40.9 Å². The second-order valence-corrected chi connectivity index (χ2v) is 6.29. The average molecular weight is 335 g/mol. The zero-order chi connectivity index (χ0) is 13.9. The van der Waals surface area contributed by atoms with Crippen molar-refractivity contribution in [2.75, 3.05) is 13.2 Å². The van der Waals surface area contributed by atoms with E-state index >= 15 is 0 Å². The van der Waals surface area contributed by atoms with Crippen molar-refractivity contribution >= 4 is 26.7 Å². The van der Waals surface area contributed by atoms with Gasteiger partial charge in [-0.25, -0.2) is 0 Å².